The molecule has 0 aromatic heterocycles. The second kappa shape index (κ2) is 7.36. The van der Waals surface area contributed by atoms with Crippen molar-refractivity contribution in [3.63, 3.8) is 0 Å². The van der Waals surface area contributed by atoms with E-state index in [4.69, 9.17) is 0 Å². The van der Waals surface area contributed by atoms with Gasteiger partial charge in [-0.2, -0.15) is 0 Å². The largest absolute Gasteiger partial charge is 0.372 e. The Morgan fingerprint density at radius 3 is 2.08 bits per heavy atom. The van der Waals surface area contributed by atoms with E-state index < -0.39 is 10.0 Å². The maximum Gasteiger partial charge on any atom is 0.240 e. The highest BCUT2D eigenvalue weighted by Gasteiger charge is 2.14. The average molecular weight is 344 g/mol. The van der Waals surface area contributed by atoms with Gasteiger partial charge in [-0.05, 0) is 54.7 Å². The Morgan fingerprint density at radius 1 is 0.917 bits per heavy atom. The Bertz CT molecular complexity index is 762. The van der Waals surface area contributed by atoms with Gasteiger partial charge in [-0.3, -0.25) is 0 Å². The Labute approximate surface area is 144 Å². The maximum atomic E-state index is 12.4. The molecular weight excluding hydrogens is 320 g/mol. The van der Waals surface area contributed by atoms with E-state index in [0.717, 1.165) is 30.6 Å². The van der Waals surface area contributed by atoms with Crippen molar-refractivity contribution in [2.24, 2.45) is 0 Å². The number of rotatable bonds is 6. The van der Waals surface area contributed by atoms with Gasteiger partial charge in [0.1, 0.15) is 0 Å². The fourth-order valence-electron chi connectivity index (χ4n) is 2.97. The second-order valence-electron chi connectivity index (χ2n) is 6.18. The van der Waals surface area contributed by atoms with Gasteiger partial charge in [0.2, 0.25) is 10.0 Å². The standard InChI is InChI=1S/C19H24N2O2S/c1-2-16-7-11-19(12-8-16)24(22,23)20-15-17-5-9-18(10-6-17)21-13-3-4-14-21/h5-12,20H,2-4,13-15H2,1H3. The van der Waals surface area contributed by atoms with Crippen LogP contribution in [0.3, 0.4) is 0 Å². The van der Waals surface area contributed by atoms with E-state index in [0.29, 0.717) is 11.4 Å². The lowest BCUT2D eigenvalue weighted by Crippen LogP contribution is -2.23. The van der Waals surface area contributed by atoms with Crippen LogP contribution >= 0.6 is 0 Å². The van der Waals surface area contributed by atoms with E-state index in [1.165, 1.54) is 18.5 Å². The fraction of sp³-hybridized carbons (Fsp3) is 0.368. The zero-order chi connectivity index (χ0) is 17.0. The monoisotopic (exact) mass is 344 g/mol. The molecule has 128 valence electrons. The summed E-state index contributed by atoms with van der Waals surface area (Å²) in [6.45, 7) is 4.57. The number of nitrogens with one attached hydrogen (secondary N) is 1. The molecule has 2 aromatic carbocycles. The lowest BCUT2D eigenvalue weighted by atomic mass is 10.2. The van der Waals surface area contributed by atoms with Crippen LogP contribution in [-0.2, 0) is 23.0 Å². The Hall–Kier alpha value is -1.85. The lowest BCUT2D eigenvalue weighted by molar-refractivity contribution is 0.581. The third-order valence-corrected chi connectivity index (χ3v) is 5.93. The molecule has 0 saturated carbocycles. The van der Waals surface area contributed by atoms with Crippen LogP contribution in [0.1, 0.15) is 30.9 Å². The molecule has 1 aliphatic heterocycles. The number of hydrogen-bond acceptors (Lipinski definition) is 3. The van der Waals surface area contributed by atoms with Crippen LogP contribution in [0.2, 0.25) is 0 Å². The molecule has 1 saturated heterocycles. The molecule has 0 radical (unpaired) electrons. The van der Waals surface area contributed by atoms with Crippen molar-refractivity contribution in [2.75, 3.05) is 18.0 Å². The van der Waals surface area contributed by atoms with E-state index >= 15 is 0 Å². The molecule has 24 heavy (non-hydrogen) atoms. The van der Waals surface area contributed by atoms with Gasteiger partial charge in [0.05, 0.1) is 4.90 Å². The van der Waals surface area contributed by atoms with E-state index in [9.17, 15) is 8.42 Å². The summed E-state index contributed by atoms with van der Waals surface area (Å²) in [5.41, 5.74) is 3.31. The molecule has 5 heteroatoms. The predicted molar refractivity (Wildman–Crippen MR) is 97.7 cm³/mol. The molecule has 2 aromatic rings. The van der Waals surface area contributed by atoms with E-state index in [1.807, 2.05) is 31.2 Å². The van der Waals surface area contributed by atoms with Crippen LogP contribution in [0.15, 0.2) is 53.4 Å². The van der Waals surface area contributed by atoms with Crippen LogP contribution in [0.5, 0.6) is 0 Å². The predicted octanol–water partition coefficient (Wildman–Crippen LogP) is 3.33. The van der Waals surface area contributed by atoms with E-state index in [-0.39, 0.29) is 0 Å². The van der Waals surface area contributed by atoms with Gasteiger partial charge < -0.3 is 4.90 Å². The molecule has 1 N–H and O–H groups in total. The topological polar surface area (TPSA) is 49.4 Å². The highest BCUT2D eigenvalue weighted by atomic mass is 32.2. The van der Waals surface area contributed by atoms with E-state index in [2.05, 4.69) is 21.8 Å². The first kappa shape index (κ1) is 17.0. The molecular formula is C19H24N2O2S. The fourth-order valence-corrected chi connectivity index (χ4v) is 3.98. The van der Waals surface area contributed by atoms with Crippen LogP contribution in [-0.4, -0.2) is 21.5 Å². The summed E-state index contributed by atoms with van der Waals surface area (Å²) < 4.78 is 27.4. The number of hydrogen-bond donors (Lipinski definition) is 1. The zero-order valence-corrected chi connectivity index (χ0v) is 14.8. The Balaban J connectivity index is 1.63. The molecule has 0 unspecified atom stereocenters. The maximum absolute atomic E-state index is 12.4. The quantitative estimate of drug-likeness (QED) is 0.874. The third-order valence-electron chi connectivity index (χ3n) is 4.52. The third kappa shape index (κ3) is 3.97. The average Bonchev–Trinajstić information content (AvgIpc) is 3.15. The minimum Gasteiger partial charge on any atom is -0.372 e. The van der Waals surface area contributed by atoms with Gasteiger partial charge in [-0.25, -0.2) is 13.1 Å². The van der Waals surface area contributed by atoms with Gasteiger partial charge in [0.25, 0.3) is 0 Å². The Morgan fingerprint density at radius 2 is 1.50 bits per heavy atom. The molecule has 1 aliphatic rings. The summed E-state index contributed by atoms with van der Waals surface area (Å²) in [5, 5.41) is 0. The normalized spacial score (nSPS) is 15.0. The van der Waals surface area contributed by atoms with Crippen LogP contribution < -0.4 is 9.62 Å². The molecule has 1 heterocycles. The first-order valence-corrected chi connectivity index (χ1v) is 9.99. The summed E-state index contributed by atoms with van der Waals surface area (Å²) in [5.74, 6) is 0. The molecule has 4 nitrogen and oxygen atoms in total. The van der Waals surface area contributed by atoms with Crippen molar-refractivity contribution in [3.8, 4) is 0 Å². The molecule has 0 bridgehead atoms. The SMILES string of the molecule is CCc1ccc(S(=O)(=O)NCc2ccc(N3CCCC3)cc2)cc1. The molecule has 0 aliphatic carbocycles. The van der Waals surface area contributed by atoms with Gasteiger partial charge in [-0.1, -0.05) is 31.2 Å². The lowest BCUT2D eigenvalue weighted by Gasteiger charge is -2.17. The number of benzene rings is 2. The first-order valence-electron chi connectivity index (χ1n) is 8.51. The van der Waals surface area contributed by atoms with Crippen molar-refractivity contribution in [1.29, 1.82) is 0 Å². The van der Waals surface area contributed by atoms with Crippen molar-refractivity contribution < 1.29 is 8.42 Å². The molecule has 0 atom stereocenters. The molecule has 0 spiro atoms. The van der Waals surface area contributed by atoms with Crippen LogP contribution in [0.4, 0.5) is 5.69 Å². The van der Waals surface area contributed by atoms with Gasteiger partial charge >= 0.3 is 0 Å². The first-order chi connectivity index (χ1) is 11.6. The number of aryl methyl sites for hydroxylation is 1. The number of sulfonamides is 1. The molecule has 1 fully saturated rings. The Kier molecular flexibility index (Phi) is 5.21. The highest BCUT2D eigenvalue weighted by Crippen LogP contribution is 2.20. The zero-order valence-electron chi connectivity index (χ0n) is 14.0. The molecule has 3 rings (SSSR count). The summed E-state index contributed by atoms with van der Waals surface area (Å²) >= 11 is 0. The minimum absolute atomic E-state index is 0.304. The summed E-state index contributed by atoms with van der Waals surface area (Å²) in [6, 6.07) is 15.2. The second-order valence-corrected chi connectivity index (χ2v) is 7.95. The van der Waals surface area contributed by atoms with Gasteiger partial charge in [0, 0.05) is 25.3 Å². The van der Waals surface area contributed by atoms with Crippen LogP contribution in [0.25, 0.3) is 0 Å². The van der Waals surface area contributed by atoms with Crippen molar-refractivity contribution >= 4 is 15.7 Å². The van der Waals surface area contributed by atoms with Crippen LogP contribution in [0, 0.1) is 0 Å². The highest BCUT2D eigenvalue weighted by molar-refractivity contribution is 7.89. The van der Waals surface area contributed by atoms with Gasteiger partial charge in [0.15, 0.2) is 0 Å². The van der Waals surface area contributed by atoms with Crippen molar-refractivity contribution in [3.05, 3.63) is 59.7 Å². The van der Waals surface area contributed by atoms with Crippen molar-refractivity contribution in [2.45, 2.75) is 37.6 Å². The summed E-state index contributed by atoms with van der Waals surface area (Å²) in [4.78, 5) is 2.68. The minimum atomic E-state index is -3.47. The summed E-state index contributed by atoms with van der Waals surface area (Å²) in [7, 11) is -3.47. The number of nitrogens with zero attached hydrogens (tertiary/aromatic N) is 1. The van der Waals surface area contributed by atoms with Crippen molar-refractivity contribution in [1.82, 2.24) is 4.72 Å². The molecule has 0 amide bonds. The smallest absolute Gasteiger partial charge is 0.240 e. The van der Waals surface area contributed by atoms with E-state index in [1.54, 1.807) is 12.1 Å². The summed E-state index contributed by atoms with van der Waals surface area (Å²) in [6.07, 6.45) is 3.40. The number of anilines is 1. The van der Waals surface area contributed by atoms with Gasteiger partial charge in [-0.15, -0.1) is 0 Å².